The van der Waals surface area contributed by atoms with Gasteiger partial charge in [0.2, 0.25) is 5.91 Å². The molecule has 41 heavy (non-hydrogen) atoms. The van der Waals surface area contributed by atoms with Crippen molar-refractivity contribution in [2.24, 2.45) is 5.73 Å². The minimum atomic E-state index is -3.88. The van der Waals surface area contributed by atoms with Crippen molar-refractivity contribution in [2.75, 3.05) is 13.2 Å². The molecule has 2 amide bonds. The fraction of sp³-hybridized carbons (Fsp3) is 0.357. The van der Waals surface area contributed by atoms with Crippen molar-refractivity contribution in [1.82, 2.24) is 19.6 Å². The Bertz CT molecular complexity index is 1480. The highest BCUT2D eigenvalue weighted by atomic mass is 32.2. The lowest BCUT2D eigenvalue weighted by Crippen LogP contribution is -2.49. The largest absolute Gasteiger partial charge is 0.494 e. The lowest BCUT2D eigenvalue weighted by atomic mass is 10.1. The SMILES string of the molecule is Cc1ccc(S(=O)(=O)n2cnc(C[C@H](NC(=O)OC(C)(C)C)C(=O)NCCCOc3cccc(C(=N)N)c3)c2)cc1. The molecule has 1 heterocycles. The molecule has 3 aromatic rings. The summed E-state index contributed by atoms with van der Waals surface area (Å²) in [4.78, 5) is 29.8. The van der Waals surface area contributed by atoms with Crippen LogP contribution in [0.25, 0.3) is 0 Å². The monoisotopic (exact) mass is 584 g/mol. The summed E-state index contributed by atoms with van der Waals surface area (Å²) in [6.07, 6.45) is 2.06. The summed E-state index contributed by atoms with van der Waals surface area (Å²) in [5.74, 6) is -0.0149. The molecule has 0 radical (unpaired) electrons. The first-order valence-electron chi connectivity index (χ1n) is 12.9. The van der Waals surface area contributed by atoms with Gasteiger partial charge in [-0.1, -0.05) is 29.8 Å². The molecule has 5 N–H and O–H groups in total. The normalized spacial score (nSPS) is 12.3. The van der Waals surface area contributed by atoms with Crippen LogP contribution in [0.2, 0.25) is 0 Å². The van der Waals surface area contributed by atoms with Crippen LogP contribution in [0, 0.1) is 12.3 Å². The Balaban J connectivity index is 1.64. The van der Waals surface area contributed by atoms with Gasteiger partial charge in [0.05, 0.1) is 17.2 Å². The van der Waals surface area contributed by atoms with E-state index in [4.69, 9.17) is 20.6 Å². The Morgan fingerprint density at radius 1 is 1.15 bits per heavy atom. The van der Waals surface area contributed by atoms with Gasteiger partial charge in [-0.2, -0.15) is 0 Å². The van der Waals surface area contributed by atoms with Crippen LogP contribution in [0.15, 0.2) is 66.0 Å². The molecule has 0 aliphatic carbocycles. The number of benzene rings is 2. The van der Waals surface area contributed by atoms with Crippen LogP contribution < -0.4 is 21.1 Å². The van der Waals surface area contributed by atoms with Crippen LogP contribution in [0.4, 0.5) is 4.79 Å². The van der Waals surface area contributed by atoms with Crippen molar-refractivity contribution in [3.63, 3.8) is 0 Å². The van der Waals surface area contributed by atoms with E-state index in [2.05, 4.69) is 15.6 Å². The van der Waals surface area contributed by atoms with Crippen LogP contribution in [-0.2, 0) is 26.0 Å². The highest BCUT2D eigenvalue weighted by Crippen LogP contribution is 2.16. The molecule has 220 valence electrons. The molecule has 0 aliphatic rings. The summed E-state index contributed by atoms with van der Waals surface area (Å²) >= 11 is 0. The fourth-order valence-corrected chi connectivity index (χ4v) is 4.79. The molecule has 0 unspecified atom stereocenters. The van der Waals surface area contributed by atoms with E-state index < -0.39 is 33.7 Å². The zero-order chi connectivity index (χ0) is 30.2. The highest BCUT2D eigenvalue weighted by Gasteiger charge is 2.26. The lowest BCUT2D eigenvalue weighted by molar-refractivity contribution is -0.123. The molecule has 0 aliphatic heterocycles. The molecular weight excluding hydrogens is 548 g/mol. The van der Waals surface area contributed by atoms with Gasteiger partial charge < -0.3 is 25.8 Å². The van der Waals surface area contributed by atoms with Crippen molar-refractivity contribution in [3.05, 3.63) is 77.9 Å². The lowest BCUT2D eigenvalue weighted by Gasteiger charge is -2.23. The van der Waals surface area contributed by atoms with E-state index in [1.165, 1.54) is 18.3 Å². The first-order valence-corrected chi connectivity index (χ1v) is 14.4. The predicted octanol–water partition coefficient (Wildman–Crippen LogP) is 2.73. The summed E-state index contributed by atoms with van der Waals surface area (Å²) < 4.78 is 37.9. The molecule has 1 atom stereocenters. The molecular formula is C28H36N6O6S. The van der Waals surface area contributed by atoms with Crippen LogP contribution in [0.5, 0.6) is 5.75 Å². The van der Waals surface area contributed by atoms with E-state index in [9.17, 15) is 18.0 Å². The second-order valence-corrected chi connectivity index (χ2v) is 12.2. The number of carbonyl (C=O) groups excluding carboxylic acids is 2. The van der Waals surface area contributed by atoms with Crippen LogP contribution in [0.3, 0.4) is 0 Å². The number of nitrogen functional groups attached to an aromatic ring is 1. The van der Waals surface area contributed by atoms with Crippen molar-refractivity contribution in [2.45, 2.75) is 57.1 Å². The Morgan fingerprint density at radius 3 is 2.51 bits per heavy atom. The second-order valence-electron chi connectivity index (χ2n) is 10.4. The molecule has 13 heteroatoms. The minimum Gasteiger partial charge on any atom is -0.494 e. The van der Waals surface area contributed by atoms with Gasteiger partial charge in [-0.25, -0.2) is 22.2 Å². The number of nitrogens with zero attached hydrogens (tertiary/aromatic N) is 2. The van der Waals surface area contributed by atoms with E-state index in [0.29, 0.717) is 17.7 Å². The zero-order valence-corrected chi connectivity index (χ0v) is 24.3. The van der Waals surface area contributed by atoms with Crippen molar-refractivity contribution in [1.29, 1.82) is 5.41 Å². The fourth-order valence-electron chi connectivity index (χ4n) is 3.63. The first kappa shape index (κ1) is 31.1. The van der Waals surface area contributed by atoms with Crippen molar-refractivity contribution < 1.29 is 27.5 Å². The first-order chi connectivity index (χ1) is 19.2. The van der Waals surface area contributed by atoms with E-state index in [-0.39, 0.29) is 36.0 Å². The number of amidine groups is 1. The quantitative estimate of drug-likeness (QED) is 0.143. The predicted molar refractivity (Wildman–Crippen MR) is 153 cm³/mol. The van der Waals surface area contributed by atoms with Gasteiger partial charge in [-0.3, -0.25) is 10.2 Å². The molecule has 0 spiro atoms. The number of carbonyl (C=O) groups is 2. The zero-order valence-electron chi connectivity index (χ0n) is 23.5. The smallest absolute Gasteiger partial charge is 0.408 e. The Hall–Kier alpha value is -4.39. The van der Waals surface area contributed by atoms with Gasteiger partial charge in [0.25, 0.3) is 10.0 Å². The van der Waals surface area contributed by atoms with E-state index in [1.807, 2.05) is 6.92 Å². The number of nitrogens with one attached hydrogen (secondary N) is 3. The van der Waals surface area contributed by atoms with Gasteiger partial charge >= 0.3 is 6.09 Å². The number of amides is 2. The number of aromatic nitrogens is 2. The molecule has 0 bridgehead atoms. The maximum Gasteiger partial charge on any atom is 0.408 e. The van der Waals surface area contributed by atoms with E-state index >= 15 is 0 Å². The number of imidazole rings is 1. The van der Waals surface area contributed by atoms with Gasteiger partial charge in [0, 0.05) is 24.7 Å². The van der Waals surface area contributed by atoms with Gasteiger partial charge in [-0.05, 0) is 58.4 Å². The van der Waals surface area contributed by atoms with Crippen molar-refractivity contribution >= 4 is 27.9 Å². The summed E-state index contributed by atoms with van der Waals surface area (Å²) in [5.41, 5.74) is 6.47. The molecule has 2 aromatic carbocycles. The summed E-state index contributed by atoms with van der Waals surface area (Å²) in [5, 5.41) is 12.8. The number of aryl methyl sites for hydroxylation is 1. The third-order valence-corrected chi connectivity index (χ3v) is 7.29. The molecule has 0 saturated heterocycles. The summed E-state index contributed by atoms with van der Waals surface area (Å²) in [6.45, 7) is 7.49. The number of hydrogen-bond donors (Lipinski definition) is 4. The Kier molecular flexibility index (Phi) is 10.1. The van der Waals surface area contributed by atoms with Crippen LogP contribution in [-0.4, -0.2) is 60.0 Å². The molecule has 0 fully saturated rings. The third-order valence-electron chi connectivity index (χ3n) is 5.66. The van der Waals surface area contributed by atoms with Crippen LogP contribution in [0.1, 0.15) is 44.0 Å². The number of rotatable bonds is 12. The average Bonchev–Trinajstić information content (AvgIpc) is 3.37. The van der Waals surface area contributed by atoms with E-state index in [1.54, 1.807) is 57.2 Å². The molecule has 0 saturated carbocycles. The number of hydrogen-bond acceptors (Lipinski definition) is 8. The number of alkyl carbamates (subject to hydrolysis) is 1. The minimum absolute atomic E-state index is 0.0659. The van der Waals surface area contributed by atoms with Gasteiger partial charge in [0.15, 0.2) is 0 Å². The average molecular weight is 585 g/mol. The van der Waals surface area contributed by atoms with Crippen molar-refractivity contribution in [3.8, 4) is 5.75 Å². The van der Waals surface area contributed by atoms with Gasteiger partial charge in [0.1, 0.15) is 29.6 Å². The maximum absolute atomic E-state index is 13.0. The second kappa shape index (κ2) is 13.3. The Morgan fingerprint density at radius 2 is 1.85 bits per heavy atom. The maximum atomic E-state index is 13.0. The van der Waals surface area contributed by atoms with Gasteiger partial charge in [-0.15, -0.1) is 0 Å². The standard InChI is InChI=1S/C28H36N6O6S/c1-19-9-11-23(12-10-19)41(37,38)34-17-21(32-18-34)16-24(33-27(36)40-28(2,3)4)26(35)31-13-6-14-39-22-8-5-7-20(15-22)25(29)30/h5,7-12,15,17-18,24H,6,13-14,16H2,1-4H3,(H3,29,30)(H,31,35)(H,33,36)/t24-/m0/s1. The summed E-state index contributed by atoms with van der Waals surface area (Å²) in [6, 6.07) is 12.2. The molecule has 3 rings (SSSR count). The highest BCUT2D eigenvalue weighted by molar-refractivity contribution is 7.90. The topological polar surface area (TPSA) is 178 Å². The third kappa shape index (κ3) is 9.34. The Labute approximate surface area is 239 Å². The molecule has 1 aromatic heterocycles. The van der Waals surface area contributed by atoms with Crippen LogP contribution >= 0.6 is 0 Å². The van der Waals surface area contributed by atoms with E-state index in [0.717, 1.165) is 15.9 Å². The summed E-state index contributed by atoms with van der Waals surface area (Å²) in [7, 11) is -3.88. The number of ether oxygens (including phenoxy) is 2. The molecule has 12 nitrogen and oxygen atoms in total. The number of nitrogens with two attached hydrogens (primary N) is 1.